The van der Waals surface area contributed by atoms with E-state index in [0.717, 1.165) is 15.7 Å². The van der Waals surface area contributed by atoms with Crippen LogP contribution in [0.25, 0.3) is 0 Å². The van der Waals surface area contributed by atoms with Crippen LogP contribution in [0.15, 0.2) is 64.5 Å². The van der Waals surface area contributed by atoms with Gasteiger partial charge in [-0.3, -0.25) is 0 Å². The van der Waals surface area contributed by atoms with E-state index in [0.29, 0.717) is 6.54 Å². The van der Waals surface area contributed by atoms with Gasteiger partial charge in [0.2, 0.25) is 0 Å². The highest BCUT2D eigenvalue weighted by molar-refractivity contribution is 9.10. The van der Waals surface area contributed by atoms with E-state index in [-0.39, 0.29) is 17.0 Å². The first-order chi connectivity index (χ1) is 8.79. The van der Waals surface area contributed by atoms with Crippen molar-refractivity contribution in [2.24, 2.45) is 5.16 Å². The Balaban J connectivity index is 0.00000180. The second-order valence-corrected chi connectivity index (χ2v) is 4.69. The van der Waals surface area contributed by atoms with Gasteiger partial charge in [0.15, 0.2) is 24.7 Å². The quantitative estimate of drug-likeness (QED) is 0.406. The molecule has 100 valence electrons. The highest BCUT2D eigenvalue weighted by atomic mass is 79.9. The third-order valence-corrected chi connectivity index (χ3v) is 3.02. The normalized spacial score (nSPS) is 10.7. The highest BCUT2D eigenvalue weighted by Gasteiger charge is 2.10. The van der Waals surface area contributed by atoms with Crippen LogP contribution in [-0.4, -0.2) is 12.8 Å². The van der Waals surface area contributed by atoms with E-state index in [4.69, 9.17) is 4.84 Å². The van der Waals surface area contributed by atoms with E-state index in [1.807, 2.05) is 54.9 Å². The molecule has 0 fully saturated rings. The average Bonchev–Trinajstić information content (AvgIpc) is 2.40. The lowest BCUT2D eigenvalue weighted by atomic mass is 10.1. The first kappa shape index (κ1) is 15.9. The predicted octanol–water partition coefficient (Wildman–Crippen LogP) is -0.209. The lowest BCUT2D eigenvalue weighted by molar-refractivity contribution is -0.681. The molecular formula is C14H14Br2N2O. The van der Waals surface area contributed by atoms with Gasteiger partial charge in [-0.1, -0.05) is 39.3 Å². The van der Waals surface area contributed by atoms with Crippen LogP contribution in [-0.2, 0) is 11.4 Å². The van der Waals surface area contributed by atoms with E-state index in [2.05, 4.69) is 25.7 Å². The zero-order valence-corrected chi connectivity index (χ0v) is 13.6. The molecule has 0 aliphatic carbocycles. The molecule has 0 radical (unpaired) electrons. The molecule has 3 nitrogen and oxygen atoms in total. The molecule has 0 saturated carbocycles. The van der Waals surface area contributed by atoms with Gasteiger partial charge in [-0.05, 0) is 12.1 Å². The summed E-state index contributed by atoms with van der Waals surface area (Å²) >= 11 is 3.42. The van der Waals surface area contributed by atoms with E-state index < -0.39 is 0 Å². The fourth-order valence-corrected chi connectivity index (χ4v) is 1.90. The van der Waals surface area contributed by atoms with Crippen LogP contribution in [0.4, 0.5) is 0 Å². The standard InChI is InChI=1S/C14H14BrN2O.BrH/c1-18-16-14(11-17-9-3-2-4-10-17)12-5-7-13(15)8-6-12;/h2-10H,11H2,1H3;1H/q+1;/p-1/b16-14-;. The number of nitrogens with zero attached hydrogens (tertiary/aromatic N) is 2. The summed E-state index contributed by atoms with van der Waals surface area (Å²) in [5, 5.41) is 4.10. The second kappa shape index (κ2) is 8.07. The van der Waals surface area contributed by atoms with Gasteiger partial charge in [0.05, 0.1) is 0 Å². The van der Waals surface area contributed by atoms with Gasteiger partial charge in [0.1, 0.15) is 7.11 Å². The molecule has 1 heterocycles. The second-order valence-electron chi connectivity index (χ2n) is 3.78. The maximum atomic E-state index is 4.92. The van der Waals surface area contributed by atoms with Crippen molar-refractivity contribution < 1.29 is 26.4 Å². The Kier molecular flexibility index (Phi) is 6.73. The van der Waals surface area contributed by atoms with Gasteiger partial charge < -0.3 is 21.8 Å². The Hall–Kier alpha value is -1.20. The number of aromatic nitrogens is 1. The topological polar surface area (TPSA) is 25.5 Å². The van der Waals surface area contributed by atoms with Crippen LogP contribution in [0.2, 0.25) is 0 Å². The SMILES string of the molecule is CO/N=C(/C[n+]1ccccc1)c1ccc(Br)cc1.[Br-]. The highest BCUT2D eigenvalue weighted by Crippen LogP contribution is 2.11. The minimum atomic E-state index is 0. The Morgan fingerprint density at radius 1 is 1.16 bits per heavy atom. The molecule has 0 bridgehead atoms. The first-order valence-corrected chi connectivity index (χ1v) is 6.39. The molecule has 2 aromatic rings. The van der Waals surface area contributed by atoms with Crippen molar-refractivity contribution in [3.05, 3.63) is 64.9 Å². The van der Waals surface area contributed by atoms with Gasteiger partial charge in [-0.15, -0.1) is 0 Å². The number of pyridine rings is 1. The van der Waals surface area contributed by atoms with E-state index in [1.165, 1.54) is 0 Å². The molecule has 0 amide bonds. The largest absolute Gasteiger partial charge is 1.00 e. The number of benzene rings is 1. The summed E-state index contributed by atoms with van der Waals surface area (Å²) in [5.41, 5.74) is 1.94. The molecule has 0 unspecified atom stereocenters. The van der Waals surface area contributed by atoms with Gasteiger partial charge in [0.25, 0.3) is 0 Å². The molecule has 0 atom stereocenters. The first-order valence-electron chi connectivity index (χ1n) is 5.59. The molecule has 0 aliphatic rings. The van der Waals surface area contributed by atoms with Crippen molar-refractivity contribution in [2.45, 2.75) is 6.54 Å². The van der Waals surface area contributed by atoms with Crippen LogP contribution < -0.4 is 21.5 Å². The van der Waals surface area contributed by atoms with Crippen LogP contribution >= 0.6 is 15.9 Å². The van der Waals surface area contributed by atoms with Crippen molar-refractivity contribution in [2.75, 3.05) is 7.11 Å². The fourth-order valence-electron chi connectivity index (χ4n) is 1.64. The number of rotatable bonds is 4. The minimum absolute atomic E-state index is 0. The number of hydrogen-bond donors (Lipinski definition) is 0. The van der Waals surface area contributed by atoms with Crippen LogP contribution in [0.5, 0.6) is 0 Å². The van der Waals surface area contributed by atoms with Gasteiger partial charge in [-0.25, -0.2) is 0 Å². The smallest absolute Gasteiger partial charge is 0.194 e. The third kappa shape index (κ3) is 4.76. The van der Waals surface area contributed by atoms with Crippen molar-refractivity contribution in [3.8, 4) is 0 Å². The molecule has 0 saturated heterocycles. The van der Waals surface area contributed by atoms with Gasteiger partial charge in [-0.2, -0.15) is 4.57 Å². The monoisotopic (exact) mass is 384 g/mol. The minimum Gasteiger partial charge on any atom is -1.00 e. The lowest BCUT2D eigenvalue weighted by Gasteiger charge is -2.03. The molecule has 1 aromatic heterocycles. The van der Waals surface area contributed by atoms with Gasteiger partial charge >= 0.3 is 0 Å². The van der Waals surface area contributed by atoms with Gasteiger partial charge in [0, 0.05) is 22.2 Å². The zero-order valence-electron chi connectivity index (χ0n) is 10.5. The zero-order chi connectivity index (χ0) is 12.8. The molecular weight excluding hydrogens is 372 g/mol. The third-order valence-electron chi connectivity index (χ3n) is 2.49. The molecule has 0 aliphatic heterocycles. The van der Waals surface area contributed by atoms with Crippen molar-refractivity contribution in [1.82, 2.24) is 0 Å². The summed E-state index contributed by atoms with van der Waals surface area (Å²) in [5.74, 6) is 0. The Morgan fingerprint density at radius 3 is 2.37 bits per heavy atom. The van der Waals surface area contributed by atoms with E-state index in [9.17, 15) is 0 Å². The Bertz CT molecular complexity index is 527. The van der Waals surface area contributed by atoms with Crippen LogP contribution in [0.3, 0.4) is 0 Å². The maximum Gasteiger partial charge on any atom is 0.194 e. The number of hydrogen-bond acceptors (Lipinski definition) is 2. The number of halogens is 2. The molecule has 19 heavy (non-hydrogen) atoms. The van der Waals surface area contributed by atoms with Crippen LogP contribution in [0.1, 0.15) is 5.56 Å². The summed E-state index contributed by atoms with van der Waals surface area (Å²) in [4.78, 5) is 4.92. The summed E-state index contributed by atoms with van der Waals surface area (Å²) in [7, 11) is 1.56. The average molecular weight is 386 g/mol. The summed E-state index contributed by atoms with van der Waals surface area (Å²) < 4.78 is 3.11. The lowest BCUT2D eigenvalue weighted by Crippen LogP contribution is -3.00. The molecule has 0 spiro atoms. The van der Waals surface area contributed by atoms with E-state index in [1.54, 1.807) is 7.11 Å². The van der Waals surface area contributed by atoms with Crippen molar-refractivity contribution in [1.29, 1.82) is 0 Å². The van der Waals surface area contributed by atoms with Crippen molar-refractivity contribution >= 4 is 21.6 Å². The maximum absolute atomic E-state index is 4.92. The summed E-state index contributed by atoms with van der Waals surface area (Å²) in [6.45, 7) is 0.677. The van der Waals surface area contributed by atoms with E-state index >= 15 is 0 Å². The Morgan fingerprint density at radius 2 is 1.79 bits per heavy atom. The number of oxime groups is 1. The molecule has 2 rings (SSSR count). The molecule has 5 heteroatoms. The van der Waals surface area contributed by atoms with Crippen LogP contribution in [0, 0.1) is 0 Å². The summed E-state index contributed by atoms with van der Waals surface area (Å²) in [6.07, 6.45) is 4.01. The Labute approximate surface area is 131 Å². The summed E-state index contributed by atoms with van der Waals surface area (Å²) in [6, 6.07) is 14.0. The molecule has 1 aromatic carbocycles. The predicted molar refractivity (Wildman–Crippen MR) is 74.3 cm³/mol. The van der Waals surface area contributed by atoms with Crippen molar-refractivity contribution in [3.63, 3.8) is 0 Å². The molecule has 0 N–H and O–H groups in total. The fraction of sp³-hybridized carbons (Fsp3) is 0.143.